The maximum absolute atomic E-state index is 4.63. The standard InChI is InChI=1S/C15H14N4/c1-16-15-9-8-13(18-19-15)10-12-7-6-11-4-2-3-5-14(11)17-12/h2-9H,10H2,1H3,(H,16,19). The Kier molecular flexibility index (Phi) is 3.06. The zero-order valence-corrected chi connectivity index (χ0v) is 10.7. The number of para-hydroxylation sites is 1. The van der Waals surface area contributed by atoms with Crippen molar-refractivity contribution in [2.24, 2.45) is 0 Å². The van der Waals surface area contributed by atoms with Crippen LogP contribution in [-0.2, 0) is 6.42 Å². The summed E-state index contributed by atoms with van der Waals surface area (Å²) in [6, 6.07) is 16.1. The average molecular weight is 250 g/mol. The van der Waals surface area contributed by atoms with Crippen LogP contribution in [0.5, 0.6) is 0 Å². The number of nitrogens with zero attached hydrogens (tertiary/aromatic N) is 3. The maximum Gasteiger partial charge on any atom is 0.148 e. The second-order valence-corrected chi connectivity index (χ2v) is 4.33. The number of fused-ring (bicyclic) bond motifs is 1. The molecular weight excluding hydrogens is 236 g/mol. The summed E-state index contributed by atoms with van der Waals surface area (Å²) >= 11 is 0. The molecule has 1 N–H and O–H groups in total. The molecule has 94 valence electrons. The smallest absolute Gasteiger partial charge is 0.148 e. The Labute approximate surface area is 111 Å². The quantitative estimate of drug-likeness (QED) is 0.776. The van der Waals surface area contributed by atoms with Crippen molar-refractivity contribution in [3.05, 3.63) is 59.9 Å². The van der Waals surface area contributed by atoms with Crippen LogP contribution < -0.4 is 5.32 Å². The van der Waals surface area contributed by atoms with Gasteiger partial charge in [-0.1, -0.05) is 24.3 Å². The summed E-state index contributed by atoms with van der Waals surface area (Å²) < 4.78 is 0. The van der Waals surface area contributed by atoms with Crippen molar-refractivity contribution in [1.82, 2.24) is 15.2 Å². The largest absolute Gasteiger partial charge is 0.372 e. The van der Waals surface area contributed by atoms with Crippen LogP contribution in [-0.4, -0.2) is 22.2 Å². The van der Waals surface area contributed by atoms with Crippen LogP contribution >= 0.6 is 0 Å². The van der Waals surface area contributed by atoms with E-state index in [-0.39, 0.29) is 0 Å². The molecule has 1 aromatic carbocycles. The minimum Gasteiger partial charge on any atom is -0.372 e. The van der Waals surface area contributed by atoms with E-state index >= 15 is 0 Å². The van der Waals surface area contributed by atoms with Crippen molar-refractivity contribution < 1.29 is 0 Å². The monoisotopic (exact) mass is 250 g/mol. The molecule has 3 rings (SSSR count). The van der Waals surface area contributed by atoms with Crippen molar-refractivity contribution in [2.75, 3.05) is 12.4 Å². The van der Waals surface area contributed by atoms with E-state index in [2.05, 4.69) is 32.6 Å². The van der Waals surface area contributed by atoms with E-state index in [9.17, 15) is 0 Å². The Bertz CT molecular complexity index is 692. The molecule has 0 aliphatic carbocycles. The Morgan fingerprint density at radius 3 is 2.53 bits per heavy atom. The lowest BCUT2D eigenvalue weighted by molar-refractivity contribution is 0.924. The normalized spacial score (nSPS) is 10.6. The molecule has 0 atom stereocenters. The number of anilines is 1. The van der Waals surface area contributed by atoms with Gasteiger partial charge in [0.1, 0.15) is 5.82 Å². The first-order valence-electron chi connectivity index (χ1n) is 6.20. The molecule has 0 spiro atoms. The van der Waals surface area contributed by atoms with Crippen molar-refractivity contribution in [1.29, 1.82) is 0 Å². The molecule has 19 heavy (non-hydrogen) atoms. The van der Waals surface area contributed by atoms with Crippen LogP contribution in [0.3, 0.4) is 0 Å². The zero-order valence-electron chi connectivity index (χ0n) is 10.7. The van der Waals surface area contributed by atoms with E-state index in [0.29, 0.717) is 6.42 Å². The summed E-state index contributed by atoms with van der Waals surface area (Å²) in [5.41, 5.74) is 2.94. The Morgan fingerprint density at radius 2 is 1.74 bits per heavy atom. The first kappa shape index (κ1) is 11.6. The Balaban J connectivity index is 1.87. The van der Waals surface area contributed by atoms with Crippen molar-refractivity contribution >= 4 is 16.7 Å². The number of hydrogen-bond acceptors (Lipinski definition) is 4. The molecule has 4 heteroatoms. The third kappa shape index (κ3) is 2.52. The second-order valence-electron chi connectivity index (χ2n) is 4.33. The lowest BCUT2D eigenvalue weighted by Crippen LogP contribution is -2.00. The summed E-state index contributed by atoms with van der Waals surface area (Å²) in [4.78, 5) is 4.63. The molecule has 2 heterocycles. The first-order chi connectivity index (χ1) is 9.35. The Morgan fingerprint density at radius 1 is 0.895 bits per heavy atom. The highest BCUT2D eigenvalue weighted by molar-refractivity contribution is 5.78. The minimum atomic E-state index is 0.696. The van der Waals surface area contributed by atoms with Gasteiger partial charge < -0.3 is 5.32 Å². The topological polar surface area (TPSA) is 50.7 Å². The van der Waals surface area contributed by atoms with E-state index in [0.717, 1.165) is 28.1 Å². The number of hydrogen-bond donors (Lipinski definition) is 1. The van der Waals surface area contributed by atoms with Gasteiger partial charge in [0.25, 0.3) is 0 Å². The van der Waals surface area contributed by atoms with Crippen molar-refractivity contribution in [2.45, 2.75) is 6.42 Å². The number of pyridine rings is 1. The van der Waals surface area contributed by atoms with E-state index < -0.39 is 0 Å². The van der Waals surface area contributed by atoms with Crippen molar-refractivity contribution in [3.63, 3.8) is 0 Å². The summed E-state index contributed by atoms with van der Waals surface area (Å²) in [5, 5.41) is 12.3. The first-order valence-corrected chi connectivity index (χ1v) is 6.20. The fourth-order valence-corrected chi connectivity index (χ4v) is 1.98. The van der Waals surface area contributed by atoms with Crippen molar-refractivity contribution in [3.8, 4) is 0 Å². The van der Waals surface area contributed by atoms with Gasteiger partial charge in [-0.25, -0.2) is 0 Å². The zero-order chi connectivity index (χ0) is 13.1. The van der Waals surface area contributed by atoms with Gasteiger partial charge in [0.15, 0.2) is 0 Å². The third-order valence-corrected chi connectivity index (χ3v) is 2.99. The fraction of sp³-hybridized carbons (Fsp3) is 0.133. The van der Waals surface area contributed by atoms with Crippen LogP contribution in [0.2, 0.25) is 0 Å². The Hall–Kier alpha value is -2.49. The summed E-state index contributed by atoms with van der Waals surface area (Å²) in [5.74, 6) is 0.773. The molecular formula is C15H14N4. The molecule has 0 saturated carbocycles. The number of rotatable bonds is 3. The van der Waals surface area contributed by atoms with E-state index in [1.807, 2.05) is 43.4 Å². The SMILES string of the molecule is CNc1ccc(Cc2ccc3ccccc3n2)nn1. The van der Waals surface area contributed by atoms with E-state index in [4.69, 9.17) is 0 Å². The van der Waals surface area contributed by atoms with Gasteiger partial charge in [0, 0.05) is 24.5 Å². The molecule has 0 aliphatic rings. The number of benzene rings is 1. The fourth-order valence-electron chi connectivity index (χ4n) is 1.98. The van der Waals surface area contributed by atoms with Crippen LogP contribution in [0.1, 0.15) is 11.4 Å². The van der Waals surface area contributed by atoms with Gasteiger partial charge in [-0.15, -0.1) is 5.10 Å². The minimum absolute atomic E-state index is 0.696. The third-order valence-electron chi connectivity index (χ3n) is 2.99. The average Bonchev–Trinajstić information content (AvgIpc) is 2.48. The molecule has 0 radical (unpaired) electrons. The van der Waals surface area contributed by atoms with Gasteiger partial charge in [-0.3, -0.25) is 4.98 Å². The summed E-state index contributed by atoms with van der Waals surface area (Å²) in [7, 11) is 1.83. The highest BCUT2D eigenvalue weighted by Crippen LogP contribution is 2.13. The van der Waals surface area contributed by atoms with Crippen LogP contribution in [0.4, 0.5) is 5.82 Å². The van der Waals surface area contributed by atoms with E-state index in [1.165, 1.54) is 0 Å². The van der Waals surface area contributed by atoms with Gasteiger partial charge >= 0.3 is 0 Å². The second kappa shape index (κ2) is 5.02. The molecule has 0 saturated heterocycles. The molecule has 0 amide bonds. The molecule has 0 fully saturated rings. The molecule has 0 aliphatic heterocycles. The lowest BCUT2D eigenvalue weighted by atomic mass is 10.1. The number of nitrogens with one attached hydrogen (secondary N) is 1. The molecule has 4 nitrogen and oxygen atoms in total. The predicted molar refractivity (Wildman–Crippen MR) is 76.1 cm³/mol. The number of aromatic nitrogens is 3. The maximum atomic E-state index is 4.63. The molecule has 2 aromatic heterocycles. The highest BCUT2D eigenvalue weighted by atomic mass is 15.2. The highest BCUT2D eigenvalue weighted by Gasteiger charge is 2.02. The molecule has 0 bridgehead atoms. The van der Waals surface area contributed by atoms with Crippen LogP contribution in [0.25, 0.3) is 10.9 Å². The van der Waals surface area contributed by atoms with Gasteiger partial charge in [0.05, 0.1) is 11.2 Å². The molecule has 3 aromatic rings. The van der Waals surface area contributed by atoms with Gasteiger partial charge in [0.2, 0.25) is 0 Å². The van der Waals surface area contributed by atoms with Crippen LogP contribution in [0, 0.1) is 0 Å². The lowest BCUT2D eigenvalue weighted by Gasteiger charge is -2.03. The predicted octanol–water partition coefficient (Wildman–Crippen LogP) is 2.66. The van der Waals surface area contributed by atoms with Gasteiger partial charge in [-0.05, 0) is 24.3 Å². The summed E-state index contributed by atoms with van der Waals surface area (Å²) in [6.45, 7) is 0. The summed E-state index contributed by atoms with van der Waals surface area (Å²) in [6.07, 6.45) is 0.696. The van der Waals surface area contributed by atoms with Crippen LogP contribution in [0.15, 0.2) is 48.5 Å². The molecule has 0 unspecified atom stereocenters. The van der Waals surface area contributed by atoms with E-state index in [1.54, 1.807) is 0 Å². The van der Waals surface area contributed by atoms with Gasteiger partial charge in [-0.2, -0.15) is 5.10 Å².